The second kappa shape index (κ2) is 5.19. The van der Waals surface area contributed by atoms with Crippen LogP contribution in [0.5, 0.6) is 0 Å². The first kappa shape index (κ1) is 12.5. The summed E-state index contributed by atoms with van der Waals surface area (Å²) < 4.78 is 0.947. The molecule has 0 amide bonds. The molecule has 1 N–H and O–H groups in total. The lowest BCUT2D eigenvalue weighted by atomic mass is 10.1. The van der Waals surface area contributed by atoms with Gasteiger partial charge in [-0.15, -0.1) is 0 Å². The summed E-state index contributed by atoms with van der Waals surface area (Å²) in [7, 11) is 0. The van der Waals surface area contributed by atoms with Crippen LogP contribution in [-0.4, -0.2) is 10.2 Å². The Morgan fingerprint density at radius 1 is 1.00 bits per heavy atom. The molecule has 3 rings (SSSR count). The van der Waals surface area contributed by atoms with Crippen LogP contribution in [0.15, 0.2) is 59.1 Å². The maximum Gasteiger partial charge on any atom is 0.0927 e. The highest BCUT2D eigenvalue weighted by atomic mass is 79.9. The van der Waals surface area contributed by atoms with Crippen molar-refractivity contribution in [3.8, 4) is 22.5 Å². The van der Waals surface area contributed by atoms with Gasteiger partial charge in [0, 0.05) is 15.6 Å². The van der Waals surface area contributed by atoms with Gasteiger partial charge >= 0.3 is 0 Å². The number of hydrogen-bond acceptors (Lipinski definition) is 1. The van der Waals surface area contributed by atoms with E-state index in [1.807, 2.05) is 54.6 Å². The third-order valence-corrected chi connectivity index (χ3v) is 3.86. The number of H-pyrrole nitrogens is 1. The third-order valence-electron chi connectivity index (χ3n) is 2.88. The van der Waals surface area contributed by atoms with E-state index in [4.69, 9.17) is 11.6 Å². The van der Waals surface area contributed by atoms with Crippen LogP contribution in [0.1, 0.15) is 0 Å². The van der Waals surface area contributed by atoms with Crippen molar-refractivity contribution in [2.24, 2.45) is 0 Å². The highest BCUT2D eigenvalue weighted by Gasteiger charge is 2.11. The monoisotopic (exact) mass is 332 g/mol. The molecular formula is C15H10BrClN2. The number of rotatable bonds is 2. The number of nitrogens with zero attached hydrogens (tertiary/aromatic N) is 1. The van der Waals surface area contributed by atoms with Crippen molar-refractivity contribution in [3.63, 3.8) is 0 Å². The molecule has 1 heterocycles. The van der Waals surface area contributed by atoms with Crippen LogP contribution in [0.4, 0.5) is 0 Å². The Morgan fingerprint density at radius 3 is 2.53 bits per heavy atom. The van der Waals surface area contributed by atoms with Crippen LogP contribution in [-0.2, 0) is 0 Å². The lowest BCUT2D eigenvalue weighted by Crippen LogP contribution is -1.81. The third kappa shape index (κ3) is 2.44. The summed E-state index contributed by atoms with van der Waals surface area (Å²) in [6.07, 6.45) is 0. The fourth-order valence-electron chi connectivity index (χ4n) is 1.96. The molecule has 0 saturated carbocycles. The maximum absolute atomic E-state index is 6.24. The van der Waals surface area contributed by atoms with Crippen LogP contribution in [0.25, 0.3) is 22.5 Å². The molecule has 0 saturated heterocycles. The molecule has 1 aromatic heterocycles. The van der Waals surface area contributed by atoms with Crippen molar-refractivity contribution in [3.05, 3.63) is 64.1 Å². The molecule has 3 aromatic rings. The molecule has 0 atom stereocenters. The van der Waals surface area contributed by atoms with E-state index < -0.39 is 0 Å². The van der Waals surface area contributed by atoms with E-state index >= 15 is 0 Å². The maximum atomic E-state index is 6.24. The van der Waals surface area contributed by atoms with E-state index in [0.717, 1.165) is 27.0 Å². The molecule has 0 radical (unpaired) electrons. The normalized spacial score (nSPS) is 10.6. The van der Waals surface area contributed by atoms with E-state index in [2.05, 4.69) is 26.1 Å². The van der Waals surface area contributed by atoms with Gasteiger partial charge in [0.2, 0.25) is 0 Å². The molecule has 0 aliphatic heterocycles. The van der Waals surface area contributed by atoms with Crippen molar-refractivity contribution in [1.29, 1.82) is 0 Å². The Labute approximate surface area is 124 Å². The van der Waals surface area contributed by atoms with Gasteiger partial charge in [-0.25, -0.2) is 0 Å². The van der Waals surface area contributed by atoms with Crippen molar-refractivity contribution in [2.45, 2.75) is 0 Å². The van der Waals surface area contributed by atoms with E-state index in [1.165, 1.54) is 0 Å². The van der Waals surface area contributed by atoms with Gasteiger partial charge in [0.15, 0.2) is 0 Å². The summed E-state index contributed by atoms with van der Waals surface area (Å²) >= 11 is 9.76. The van der Waals surface area contributed by atoms with Crippen molar-refractivity contribution < 1.29 is 0 Å². The zero-order valence-corrected chi connectivity index (χ0v) is 12.2. The van der Waals surface area contributed by atoms with E-state index in [0.29, 0.717) is 5.02 Å². The summed E-state index contributed by atoms with van der Waals surface area (Å²) in [5.74, 6) is 0. The molecule has 2 aromatic carbocycles. The highest BCUT2D eigenvalue weighted by Crippen LogP contribution is 2.35. The van der Waals surface area contributed by atoms with Gasteiger partial charge < -0.3 is 0 Å². The molecule has 0 aliphatic carbocycles. The molecule has 0 unspecified atom stereocenters. The zero-order chi connectivity index (χ0) is 13.2. The second-order valence-corrected chi connectivity index (χ2v) is 5.39. The average molecular weight is 334 g/mol. The molecule has 2 nitrogen and oxygen atoms in total. The van der Waals surface area contributed by atoms with Crippen LogP contribution < -0.4 is 0 Å². The first-order chi connectivity index (χ1) is 9.25. The fourth-order valence-corrected chi connectivity index (χ4v) is 2.93. The number of benzene rings is 2. The van der Waals surface area contributed by atoms with Gasteiger partial charge in [-0.05, 0) is 18.2 Å². The molecule has 94 valence electrons. The quantitative estimate of drug-likeness (QED) is 0.689. The van der Waals surface area contributed by atoms with E-state index in [1.54, 1.807) is 0 Å². The van der Waals surface area contributed by atoms with Crippen LogP contribution in [0.2, 0.25) is 5.02 Å². The van der Waals surface area contributed by atoms with Gasteiger partial charge in [-0.3, -0.25) is 5.10 Å². The fraction of sp³-hybridized carbons (Fsp3) is 0. The van der Waals surface area contributed by atoms with Crippen LogP contribution in [0.3, 0.4) is 0 Å². The lowest BCUT2D eigenvalue weighted by molar-refractivity contribution is 1.10. The first-order valence-corrected chi connectivity index (χ1v) is 6.98. The molecule has 0 aliphatic rings. The Hall–Kier alpha value is -1.58. The lowest BCUT2D eigenvalue weighted by Gasteiger charge is -2.03. The largest absolute Gasteiger partial charge is 0.277 e. The number of aromatic nitrogens is 2. The Kier molecular flexibility index (Phi) is 3.40. The molecular weight excluding hydrogens is 324 g/mol. The van der Waals surface area contributed by atoms with Crippen LogP contribution in [0, 0.1) is 0 Å². The number of aromatic amines is 1. The number of nitrogens with one attached hydrogen (secondary N) is 1. The predicted molar refractivity (Wildman–Crippen MR) is 82.2 cm³/mol. The number of hydrogen-bond donors (Lipinski definition) is 1. The molecule has 19 heavy (non-hydrogen) atoms. The minimum Gasteiger partial charge on any atom is -0.277 e. The van der Waals surface area contributed by atoms with Crippen molar-refractivity contribution >= 4 is 27.5 Å². The Balaban J connectivity index is 2.07. The minimum atomic E-state index is 0.692. The minimum absolute atomic E-state index is 0.692. The summed E-state index contributed by atoms with van der Waals surface area (Å²) in [5.41, 5.74) is 3.81. The predicted octanol–water partition coefficient (Wildman–Crippen LogP) is 5.16. The molecule has 4 heteroatoms. The van der Waals surface area contributed by atoms with Gasteiger partial charge in [0.05, 0.1) is 16.4 Å². The Morgan fingerprint density at radius 2 is 1.79 bits per heavy atom. The smallest absolute Gasteiger partial charge is 0.0927 e. The SMILES string of the molecule is Clc1cccc(Br)c1-c1cc(-c2ccccc2)n[nH]1. The second-order valence-electron chi connectivity index (χ2n) is 4.13. The summed E-state index contributed by atoms with van der Waals surface area (Å²) in [6, 6.07) is 17.8. The summed E-state index contributed by atoms with van der Waals surface area (Å²) in [5, 5.41) is 8.07. The van der Waals surface area contributed by atoms with E-state index in [9.17, 15) is 0 Å². The number of halogens is 2. The summed E-state index contributed by atoms with van der Waals surface area (Å²) in [4.78, 5) is 0. The highest BCUT2D eigenvalue weighted by molar-refractivity contribution is 9.10. The molecule has 0 spiro atoms. The van der Waals surface area contributed by atoms with Gasteiger partial charge in [-0.1, -0.05) is 63.9 Å². The first-order valence-electron chi connectivity index (χ1n) is 5.81. The van der Waals surface area contributed by atoms with Gasteiger partial charge in [-0.2, -0.15) is 5.10 Å². The average Bonchev–Trinajstić information content (AvgIpc) is 2.89. The Bertz CT molecular complexity index is 687. The van der Waals surface area contributed by atoms with Gasteiger partial charge in [0.1, 0.15) is 0 Å². The van der Waals surface area contributed by atoms with E-state index in [-0.39, 0.29) is 0 Å². The molecule has 0 bridgehead atoms. The van der Waals surface area contributed by atoms with Gasteiger partial charge in [0.25, 0.3) is 0 Å². The molecule has 0 fully saturated rings. The zero-order valence-electron chi connectivity index (χ0n) is 9.90. The van der Waals surface area contributed by atoms with Crippen LogP contribution >= 0.6 is 27.5 Å². The summed E-state index contributed by atoms with van der Waals surface area (Å²) in [6.45, 7) is 0. The topological polar surface area (TPSA) is 28.7 Å². The van der Waals surface area contributed by atoms with Crippen molar-refractivity contribution in [1.82, 2.24) is 10.2 Å². The standard InChI is InChI=1S/C15H10BrClN2/c16-11-7-4-8-12(17)15(11)14-9-13(18-19-14)10-5-2-1-3-6-10/h1-9H,(H,18,19). The van der Waals surface area contributed by atoms with Crippen molar-refractivity contribution in [2.75, 3.05) is 0 Å².